The van der Waals surface area contributed by atoms with Crippen molar-refractivity contribution in [2.24, 2.45) is 0 Å². The Balaban J connectivity index is 2.00. The Morgan fingerprint density at radius 1 is 1.36 bits per heavy atom. The monoisotopic (exact) mass is 189 g/mol. The predicted octanol–water partition coefficient (Wildman–Crippen LogP) is 1.61. The van der Waals surface area contributed by atoms with Crippen molar-refractivity contribution in [3.63, 3.8) is 0 Å². The Labute approximate surface area is 84.5 Å². The molecule has 0 bridgehead atoms. The third kappa shape index (κ3) is 1.11. The van der Waals surface area contributed by atoms with Crippen LogP contribution < -0.4 is 0 Å². The summed E-state index contributed by atoms with van der Waals surface area (Å²) in [4.78, 5) is 2.42. The second kappa shape index (κ2) is 3.07. The number of likely N-dealkylation sites (N-methyl/N-ethyl adjacent to an activating group) is 1. The number of benzene rings is 1. The van der Waals surface area contributed by atoms with E-state index >= 15 is 0 Å². The van der Waals surface area contributed by atoms with Gasteiger partial charge in [-0.1, -0.05) is 24.3 Å². The van der Waals surface area contributed by atoms with E-state index in [0.717, 1.165) is 19.6 Å². The highest BCUT2D eigenvalue weighted by Crippen LogP contribution is 2.38. The molecule has 1 aliphatic carbocycles. The van der Waals surface area contributed by atoms with Crippen LogP contribution in [-0.2, 0) is 11.2 Å². The molecule has 1 aromatic rings. The van der Waals surface area contributed by atoms with E-state index in [0.29, 0.717) is 12.1 Å². The van der Waals surface area contributed by atoms with Gasteiger partial charge in [0.15, 0.2) is 0 Å². The highest BCUT2D eigenvalue weighted by atomic mass is 16.5. The normalized spacial score (nSPS) is 31.2. The third-order valence-corrected chi connectivity index (χ3v) is 3.45. The Hall–Kier alpha value is -0.860. The molecular weight excluding hydrogens is 174 g/mol. The van der Waals surface area contributed by atoms with Crippen LogP contribution in [0.1, 0.15) is 17.2 Å². The van der Waals surface area contributed by atoms with Gasteiger partial charge in [0.05, 0.1) is 12.7 Å². The van der Waals surface area contributed by atoms with E-state index in [4.69, 9.17) is 4.74 Å². The van der Waals surface area contributed by atoms with Gasteiger partial charge >= 0.3 is 0 Å². The van der Waals surface area contributed by atoms with Gasteiger partial charge in [0.1, 0.15) is 0 Å². The van der Waals surface area contributed by atoms with Gasteiger partial charge in [0, 0.05) is 12.6 Å². The smallest absolute Gasteiger partial charge is 0.0986 e. The van der Waals surface area contributed by atoms with E-state index in [1.165, 1.54) is 11.1 Å². The molecule has 0 N–H and O–H groups in total. The summed E-state index contributed by atoms with van der Waals surface area (Å²) in [6, 6.07) is 9.24. The molecule has 0 radical (unpaired) electrons. The molecule has 1 heterocycles. The molecule has 2 atom stereocenters. The minimum Gasteiger partial charge on any atom is -0.371 e. The van der Waals surface area contributed by atoms with Crippen LogP contribution in [-0.4, -0.2) is 31.1 Å². The van der Waals surface area contributed by atoms with E-state index in [9.17, 15) is 0 Å². The molecule has 74 valence electrons. The van der Waals surface area contributed by atoms with Crippen LogP contribution in [0.2, 0.25) is 0 Å². The molecule has 2 heteroatoms. The van der Waals surface area contributed by atoms with E-state index in [2.05, 4.69) is 36.2 Å². The Bertz CT molecular complexity index is 350. The Morgan fingerprint density at radius 2 is 2.21 bits per heavy atom. The van der Waals surface area contributed by atoms with Crippen molar-refractivity contribution in [3.05, 3.63) is 35.4 Å². The molecule has 0 aromatic heterocycles. The van der Waals surface area contributed by atoms with Crippen LogP contribution in [0.15, 0.2) is 24.3 Å². The molecule has 0 unspecified atom stereocenters. The standard InChI is InChI=1S/C12H15NO/c1-13-6-7-14-12-10-5-3-2-4-9(10)8-11(12)13/h2-5,11-12H,6-8H2,1H3/t11-,12-/m0/s1. The van der Waals surface area contributed by atoms with Crippen LogP contribution in [0.3, 0.4) is 0 Å². The molecule has 2 aliphatic rings. The van der Waals surface area contributed by atoms with Crippen molar-refractivity contribution in [1.29, 1.82) is 0 Å². The topological polar surface area (TPSA) is 12.5 Å². The zero-order valence-electron chi connectivity index (χ0n) is 8.44. The Kier molecular flexibility index (Phi) is 1.85. The maximum Gasteiger partial charge on any atom is 0.0986 e. The van der Waals surface area contributed by atoms with Gasteiger partial charge in [0.25, 0.3) is 0 Å². The summed E-state index contributed by atoms with van der Waals surface area (Å²) < 4.78 is 5.86. The van der Waals surface area contributed by atoms with Crippen molar-refractivity contribution in [2.75, 3.05) is 20.2 Å². The van der Waals surface area contributed by atoms with Gasteiger partial charge in [-0.15, -0.1) is 0 Å². The highest BCUT2D eigenvalue weighted by molar-refractivity contribution is 5.36. The molecule has 1 aliphatic heterocycles. The fourth-order valence-corrected chi connectivity index (χ4v) is 2.61. The highest BCUT2D eigenvalue weighted by Gasteiger charge is 2.37. The molecule has 0 saturated carbocycles. The van der Waals surface area contributed by atoms with E-state index in [1.807, 2.05) is 0 Å². The largest absolute Gasteiger partial charge is 0.371 e. The SMILES string of the molecule is CN1CCO[C@H]2c3ccccc3C[C@@H]21. The number of rotatable bonds is 0. The van der Waals surface area contributed by atoms with Gasteiger partial charge in [-0.25, -0.2) is 0 Å². The van der Waals surface area contributed by atoms with Gasteiger partial charge in [-0.3, -0.25) is 4.90 Å². The lowest BCUT2D eigenvalue weighted by atomic mass is 10.1. The molecule has 3 rings (SSSR count). The van der Waals surface area contributed by atoms with E-state index < -0.39 is 0 Å². The quantitative estimate of drug-likeness (QED) is 0.615. The van der Waals surface area contributed by atoms with Crippen LogP contribution in [0.4, 0.5) is 0 Å². The fraction of sp³-hybridized carbons (Fsp3) is 0.500. The van der Waals surface area contributed by atoms with Crippen LogP contribution in [0, 0.1) is 0 Å². The summed E-state index contributed by atoms with van der Waals surface area (Å²) in [6.07, 6.45) is 1.47. The molecule has 2 nitrogen and oxygen atoms in total. The van der Waals surface area contributed by atoms with Crippen molar-refractivity contribution in [2.45, 2.75) is 18.6 Å². The lowest BCUT2D eigenvalue weighted by Gasteiger charge is -2.35. The summed E-state index contributed by atoms with van der Waals surface area (Å²) in [5.74, 6) is 0. The summed E-state index contributed by atoms with van der Waals surface area (Å²) in [5, 5.41) is 0. The predicted molar refractivity (Wildman–Crippen MR) is 55.3 cm³/mol. The third-order valence-electron chi connectivity index (χ3n) is 3.45. The van der Waals surface area contributed by atoms with Gasteiger partial charge < -0.3 is 4.74 Å². The number of fused-ring (bicyclic) bond motifs is 3. The zero-order valence-corrected chi connectivity index (χ0v) is 8.44. The molecule has 1 saturated heterocycles. The molecular formula is C12H15NO. The summed E-state index contributed by atoms with van der Waals surface area (Å²) in [6.45, 7) is 1.93. The molecule has 0 amide bonds. The number of hydrogen-bond donors (Lipinski definition) is 0. The van der Waals surface area contributed by atoms with Crippen molar-refractivity contribution >= 4 is 0 Å². The van der Waals surface area contributed by atoms with Crippen molar-refractivity contribution < 1.29 is 4.74 Å². The molecule has 0 spiro atoms. The van der Waals surface area contributed by atoms with Gasteiger partial charge in [-0.05, 0) is 24.6 Å². The molecule has 1 fully saturated rings. The first-order valence-corrected chi connectivity index (χ1v) is 5.26. The zero-order chi connectivity index (χ0) is 9.54. The minimum atomic E-state index is 0.324. The van der Waals surface area contributed by atoms with Crippen molar-refractivity contribution in [3.8, 4) is 0 Å². The lowest BCUT2D eigenvalue weighted by Crippen LogP contribution is -2.43. The summed E-state index contributed by atoms with van der Waals surface area (Å²) in [5.41, 5.74) is 2.88. The number of nitrogens with zero attached hydrogens (tertiary/aromatic N) is 1. The average Bonchev–Trinajstić information content (AvgIpc) is 2.59. The first-order valence-electron chi connectivity index (χ1n) is 5.26. The molecule has 14 heavy (non-hydrogen) atoms. The second-order valence-corrected chi connectivity index (χ2v) is 4.24. The average molecular weight is 189 g/mol. The maximum atomic E-state index is 5.86. The number of ether oxygens (including phenoxy) is 1. The maximum absolute atomic E-state index is 5.86. The van der Waals surface area contributed by atoms with Gasteiger partial charge in [-0.2, -0.15) is 0 Å². The van der Waals surface area contributed by atoms with E-state index in [1.54, 1.807) is 0 Å². The molecule has 1 aromatic carbocycles. The first kappa shape index (κ1) is 8.45. The van der Waals surface area contributed by atoms with Gasteiger partial charge in [0.2, 0.25) is 0 Å². The minimum absolute atomic E-state index is 0.324. The Morgan fingerprint density at radius 3 is 3.14 bits per heavy atom. The fourth-order valence-electron chi connectivity index (χ4n) is 2.61. The number of hydrogen-bond acceptors (Lipinski definition) is 2. The first-order chi connectivity index (χ1) is 6.86. The number of morpholine rings is 1. The summed E-state index contributed by atoms with van der Waals surface area (Å²) >= 11 is 0. The van der Waals surface area contributed by atoms with Crippen molar-refractivity contribution in [1.82, 2.24) is 4.90 Å². The second-order valence-electron chi connectivity index (χ2n) is 4.24. The van der Waals surface area contributed by atoms with Crippen LogP contribution >= 0.6 is 0 Å². The van der Waals surface area contributed by atoms with Crippen LogP contribution in [0.5, 0.6) is 0 Å². The summed E-state index contributed by atoms with van der Waals surface area (Å²) in [7, 11) is 2.20. The van der Waals surface area contributed by atoms with Crippen LogP contribution in [0.25, 0.3) is 0 Å². The van der Waals surface area contributed by atoms with E-state index in [-0.39, 0.29) is 0 Å². The lowest BCUT2D eigenvalue weighted by molar-refractivity contribution is -0.0543.